The number of hydrogen-bond acceptors (Lipinski definition) is 2. The molecule has 1 aliphatic carbocycles. The summed E-state index contributed by atoms with van der Waals surface area (Å²) in [6.45, 7) is 6.53. The Hall–Kier alpha value is -1.14. The van der Waals surface area contributed by atoms with Gasteiger partial charge in [-0.3, -0.25) is 4.21 Å². The highest BCUT2D eigenvalue weighted by Gasteiger charge is 2.29. The maximum Gasteiger partial charge on any atom is 0.0668 e. The van der Waals surface area contributed by atoms with Crippen molar-refractivity contribution in [1.82, 2.24) is 0 Å². The molecular formula is C18H25NOS. The van der Waals surface area contributed by atoms with Crippen molar-refractivity contribution in [3.05, 3.63) is 29.8 Å². The average molecular weight is 303 g/mol. The molecule has 1 saturated carbocycles. The summed E-state index contributed by atoms with van der Waals surface area (Å²) >= 11 is 0. The molecule has 114 valence electrons. The maximum atomic E-state index is 12.8. The Morgan fingerprint density at radius 1 is 1.10 bits per heavy atom. The van der Waals surface area contributed by atoms with E-state index in [4.69, 9.17) is 0 Å². The van der Waals surface area contributed by atoms with Crippen LogP contribution >= 0.6 is 0 Å². The van der Waals surface area contributed by atoms with Gasteiger partial charge in [0.15, 0.2) is 0 Å². The van der Waals surface area contributed by atoms with Gasteiger partial charge in [0.25, 0.3) is 0 Å². The van der Waals surface area contributed by atoms with E-state index in [2.05, 4.69) is 39.0 Å². The molecule has 0 saturated heterocycles. The Morgan fingerprint density at radius 2 is 1.71 bits per heavy atom. The van der Waals surface area contributed by atoms with E-state index < -0.39 is 10.8 Å². The first-order valence-corrected chi connectivity index (χ1v) is 9.05. The first-order valence-electron chi connectivity index (χ1n) is 7.84. The second-order valence-electron chi connectivity index (χ2n) is 6.98. The topological polar surface area (TPSA) is 40.9 Å². The second kappa shape index (κ2) is 6.75. The van der Waals surface area contributed by atoms with Gasteiger partial charge in [0, 0.05) is 4.90 Å². The summed E-state index contributed by atoms with van der Waals surface area (Å²) in [5, 5.41) is 9.35. The van der Waals surface area contributed by atoms with Crippen LogP contribution in [0.2, 0.25) is 0 Å². The number of nitriles is 1. The third kappa shape index (κ3) is 3.95. The van der Waals surface area contributed by atoms with Crippen LogP contribution in [0.5, 0.6) is 0 Å². The summed E-state index contributed by atoms with van der Waals surface area (Å²) in [6.07, 6.45) is 5.15. The van der Waals surface area contributed by atoms with Crippen molar-refractivity contribution in [2.45, 2.75) is 68.4 Å². The number of benzene rings is 1. The number of hydrogen-bond donors (Lipinski definition) is 0. The van der Waals surface area contributed by atoms with Gasteiger partial charge in [0.05, 0.1) is 28.0 Å². The van der Waals surface area contributed by atoms with Gasteiger partial charge >= 0.3 is 0 Å². The predicted octanol–water partition coefficient (Wildman–Crippen LogP) is 4.56. The molecule has 0 spiro atoms. The van der Waals surface area contributed by atoms with Gasteiger partial charge < -0.3 is 0 Å². The quantitative estimate of drug-likeness (QED) is 0.751. The van der Waals surface area contributed by atoms with Gasteiger partial charge in [-0.15, -0.1) is 0 Å². The smallest absolute Gasteiger partial charge is 0.0668 e. The Balaban J connectivity index is 2.20. The minimum atomic E-state index is -1.07. The van der Waals surface area contributed by atoms with Gasteiger partial charge in [0.2, 0.25) is 0 Å². The summed E-state index contributed by atoms with van der Waals surface area (Å²) < 4.78 is 12.8. The van der Waals surface area contributed by atoms with E-state index in [1.165, 1.54) is 5.56 Å². The fraction of sp³-hybridized carbons (Fsp3) is 0.611. The normalized spacial score (nSPS) is 24.9. The fourth-order valence-electron chi connectivity index (χ4n) is 2.94. The van der Waals surface area contributed by atoms with E-state index in [0.717, 1.165) is 37.0 Å². The number of rotatable bonds is 2. The molecule has 0 amide bonds. The second-order valence-corrected chi connectivity index (χ2v) is 8.66. The van der Waals surface area contributed by atoms with Crippen molar-refractivity contribution in [3.63, 3.8) is 0 Å². The zero-order chi connectivity index (χ0) is 15.5. The summed E-state index contributed by atoms with van der Waals surface area (Å²) in [5.41, 5.74) is 1.36. The van der Waals surface area contributed by atoms with E-state index in [1.54, 1.807) is 0 Å². The van der Waals surface area contributed by atoms with Crippen LogP contribution in [0.4, 0.5) is 0 Å². The molecular weight excluding hydrogens is 278 g/mol. The molecule has 0 radical (unpaired) electrons. The maximum absolute atomic E-state index is 12.8. The molecule has 1 fully saturated rings. The van der Waals surface area contributed by atoms with Crippen molar-refractivity contribution in [2.24, 2.45) is 5.92 Å². The molecule has 1 aliphatic rings. The molecule has 0 bridgehead atoms. The van der Waals surface area contributed by atoms with E-state index >= 15 is 0 Å². The van der Waals surface area contributed by atoms with E-state index in [1.807, 2.05) is 12.1 Å². The molecule has 0 heterocycles. The summed E-state index contributed by atoms with van der Waals surface area (Å²) in [7, 11) is -1.07. The van der Waals surface area contributed by atoms with Crippen molar-refractivity contribution in [2.75, 3.05) is 0 Å². The lowest BCUT2D eigenvalue weighted by atomic mass is 9.87. The Labute approximate surface area is 131 Å². The monoisotopic (exact) mass is 303 g/mol. The van der Waals surface area contributed by atoms with Crippen molar-refractivity contribution in [3.8, 4) is 6.07 Å². The summed E-state index contributed by atoms with van der Waals surface area (Å²) in [6, 6.07) is 10.5. The lowest BCUT2D eigenvalue weighted by Crippen LogP contribution is -2.24. The SMILES string of the molecule is CC(C)(C)c1ccc(S(=O)C2CCCCCC2C#N)cc1. The molecule has 1 aromatic rings. The van der Waals surface area contributed by atoms with Gasteiger partial charge in [-0.05, 0) is 36.0 Å². The highest BCUT2D eigenvalue weighted by Crippen LogP contribution is 2.30. The van der Waals surface area contributed by atoms with Crippen LogP contribution in [-0.4, -0.2) is 9.46 Å². The molecule has 1 aromatic carbocycles. The first kappa shape index (κ1) is 16.2. The number of nitrogens with zero attached hydrogens (tertiary/aromatic N) is 1. The molecule has 3 unspecified atom stereocenters. The predicted molar refractivity (Wildman–Crippen MR) is 87.5 cm³/mol. The lowest BCUT2D eigenvalue weighted by molar-refractivity contribution is 0.564. The molecule has 2 rings (SSSR count). The minimum Gasteiger partial charge on any atom is -0.254 e. The summed E-state index contributed by atoms with van der Waals surface area (Å²) in [5.74, 6) is -0.0596. The van der Waals surface area contributed by atoms with Crippen molar-refractivity contribution in [1.29, 1.82) is 5.26 Å². The highest BCUT2D eigenvalue weighted by molar-refractivity contribution is 7.85. The average Bonchev–Trinajstić information content (AvgIpc) is 2.70. The molecule has 3 atom stereocenters. The Bertz CT molecular complexity index is 536. The first-order chi connectivity index (χ1) is 9.93. The van der Waals surface area contributed by atoms with Crippen LogP contribution in [0.25, 0.3) is 0 Å². The summed E-state index contributed by atoms with van der Waals surface area (Å²) in [4.78, 5) is 0.871. The molecule has 0 N–H and O–H groups in total. The lowest BCUT2D eigenvalue weighted by Gasteiger charge is -2.21. The van der Waals surface area contributed by atoms with Crippen LogP contribution in [0.1, 0.15) is 58.4 Å². The molecule has 0 aliphatic heterocycles. The van der Waals surface area contributed by atoms with Crippen LogP contribution in [0.15, 0.2) is 29.2 Å². The van der Waals surface area contributed by atoms with Crippen LogP contribution < -0.4 is 0 Å². The van der Waals surface area contributed by atoms with E-state index in [-0.39, 0.29) is 16.6 Å². The van der Waals surface area contributed by atoms with Gasteiger partial charge in [0.1, 0.15) is 0 Å². The molecule has 3 heteroatoms. The third-order valence-electron chi connectivity index (χ3n) is 4.35. The van der Waals surface area contributed by atoms with Crippen LogP contribution in [0.3, 0.4) is 0 Å². The highest BCUT2D eigenvalue weighted by atomic mass is 32.2. The fourth-order valence-corrected chi connectivity index (χ4v) is 4.57. The minimum absolute atomic E-state index is 0.00186. The van der Waals surface area contributed by atoms with Gasteiger partial charge in [-0.1, -0.05) is 52.2 Å². The molecule has 21 heavy (non-hydrogen) atoms. The zero-order valence-corrected chi connectivity index (χ0v) is 14.1. The van der Waals surface area contributed by atoms with Crippen LogP contribution in [0, 0.1) is 17.2 Å². The molecule has 0 aromatic heterocycles. The van der Waals surface area contributed by atoms with Crippen molar-refractivity contribution < 1.29 is 4.21 Å². The zero-order valence-electron chi connectivity index (χ0n) is 13.3. The standard InChI is InChI=1S/C18H25NOS/c1-18(2,3)15-9-11-16(12-10-15)21(20)17-8-6-4-5-7-14(17)13-19/h9-12,14,17H,4-8H2,1-3H3. The van der Waals surface area contributed by atoms with Crippen LogP contribution in [-0.2, 0) is 16.2 Å². The van der Waals surface area contributed by atoms with Gasteiger partial charge in [-0.2, -0.15) is 5.26 Å². The van der Waals surface area contributed by atoms with E-state index in [0.29, 0.717) is 0 Å². The van der Waals surface area contributed by atoms with Crippen molar-refractivity contribution >= 4 is 10.8 Å². The Morgan fingerprint density at radius 3 is 2.29 bits per heavy atom. The van der Waals surface area contributed by atoms with Gasteiger partial charge in [-0.25, -0.2) is 0 Å². The third-order valence-corrected chi connectivity index (χ3v) is 6.20. The van der Waals surface area contributed by atoms with E-state index in [9.17, 15) is 9.47 Å². The largest absolute Gasteiger partial charge is 0.254 e. The molecule has 2 nitrogen and oxygen atoms in total. The Kier molecular flexibility index (Phi) is 5.22.